The Morgan fingerprint density at radius 2 is 1.79 bits per heavy atom. The molecule has 0 radical (unpaired) electrons. The molecule has 1 rings (SSSR count). The van der Waals surface area contributed by atoms with Gasteiger partial charge in [-0.15, -0.1) is 0 Å². The van der Waals surface area contributed by atoms with Crippen LogP contribution in [0, 0.1) is 0 Å². The summed E-state index contributed by atoms with van der Waals surface area (Å²) in [6.07, 6.45) is 7.69. The molecule has 0 saturated heterocycles. The van der Waals surface area contributed by atoms with Crippen LogP contribution in [-0.2, 0) is 4.79 Å². The average Bonchev–Trinajstić information content (AvgIpc) is 2.39. The van der Waals surface area contributed by atoms with Crippen LogP contribution in [0.1, 0.15) is 63.4 Å². The number of para-hydroxylation sites is 1. The van der Waals surface area contributed by atoms with Crippen LogP contribution in [0.2, 0.25) is 0 Å². The van der Waals surface area contributed by atoms with Crippen LogP contribution >= 0.6 is 0 Å². The number of carboxylic acid groups (broad SMARTS) is 1. The Labute approximate surface area is 115 Å². The number of hydrogen-bond acceptors (Lipinski definition) is 2. The van der Waals surface area contributed by atoms with Gasteiger partial charge in [-0.1, -0.05) is 63.6 Å². The van der Waals surface area contributed by atoms with Crippen molar-refractivity contribution in [3.8, 4) is 0 Å². The Bertz CT molecular complexity index is 390. The second-order valence-electron chi connectivity index (χ2n) is 5.08. The van der Waals surface area contributed by atoms with Crippen LogP contribution in [0.3, 0.4) is 0 Å². The van der Waals surface area contributed by atoms with E-state index in [1.54, 1.807) is 6.07 Å². The normalized spacial score (nSPS) is 12.3. The molecule has 0 aromatic heterocycles. The highest BCUT2D eigenvalue weighted by molar-refractivity contribution is 5.78. The highest BCUT2D eigenvalue weighted by Crippen LogP contribution is 2.27. The topological polar surface area (TPSA) is 63.3 Å². The second-order valence-corrected chi connectivity index (χ2v) is 5.08. The largest absolute Gasteiger partial charge is 0.481 e. The highest BCUT2D eigenvalue weighted by Gasteiger charge is 2.20. The third-order valence-corrected chi connectivity index (χ3v) is 3.52. The molecule has 0 aliphatic carbocycles. The Kier molecular flexibility index (Phi) is 7.01. The van der Waals surface area contributed by atoms with E-state index in [2.05, 4.69) is 6.92 Å². The summed E-state index contributed by atoms with van der Waals surface area (Å²) in [5.41, 5.74) is 7.20. The third kappa shape index (κ3) is 5.33. The molecule has 0 spiro atoms. The Balaban J connectivity index is 2.46. The van der Waals surface area contributed by atoms with Crippen LogP contribution in [-0.4, -0.2) is 11.1 Å². The van der Waals surface area contributed by atoms with E-state index < -0.39 is 11.9 Å². The van der Waals surface area contributed by atoms with E-state index >= 15 is 0 Å². The molecule has 0 heterocycles. The molecule has 1 aromatic rings. The molecule has 3 heteroatoms. The molecular formula is C16H25NO2. The number of rotatable bonds is 9. The minimum absolute atomic E-state index is 0.465. The molecule has 0 fully saturated rings. The Morgan fingerprint density at radius 1 is 1.16 bits per heavy atom. The zero-order chi connectivity index (χ0) is 14.1. The summed E-state index contributed by atoms with van der Waals surface area (Å²) in [7, 11) is 0. The van der Waals surface area contributed by atoms with Crippen molar-refractivity contribution in [1.29, 1.82) is 0 Å². The molecule has 0 aliphatic heterocycles. The van der Waals surface area contributed by atoms with Gasteiger partial charge in [-0.05, 0) is 18.1 Å². The number of benzene rings is 1. The van der Waals surface area contributed by atoms with Gasteiger partial charge < -0.3 is 10.8 Å². The predicted molar refractivity (Wildman–Crippen MR) is 79.2 cm³/mol. The van der Waals surface area contributed by atoms with Crippen molar-refractivity contribution >= 4 is 11.7 Å². The number of carboxylic acids is 1. The maximum absolute atomic E-state index is 11.4. The zero-order valence-corrected chi connectivity index (χ0v) is 11.8. The van der Waals surface area contributed by atoms with Crippen LogP contribution in [0.4, 0.5) is 5.69 Å². The average molecular weight is 263 g/mol. The van der Waals surface area contributed by atoms with E-state index in [1.165, 1.54) is 25.7 Å². The molecule has 1 aromatic carbocycles. The van der Waals surface area contributed by atoms with Crippen LogP contribution < -0.4 is 5.73 Å². The van der Waals surface area contributed by atoms with E-state index in [4.69, 9.17) is 5.73 Å². The van der Waals surface area contributed by atoms with Crippen molar-refractivity contribution in [3.63, 3.8) is 0 Å². The molecule has 0 aliphatic rings. The molecule has 1 unspecified atom stereocenters. The monoisotopic (exact) mass is 263 g/mol. The maximum Gasteiger partial charge on any atom is 0.311 e. The summed E-state index contributed by atoms with van der Waals surface area (Å²) in [4.78, 5) is 11.4. The lowest BCUT2D eigenvalue weighted by atomic mass is 9.92. The Hall–Kier alpha value is -1.51. The number of carbonyl (C=O) groups is 1. The van der Waals surface area contributed by atoms with Crippen molar-refractivity contribution in [1.82, 2.24) is 0 Å². The quantitative estimate of drug-likeness (QED) is 0.518. The summed E-state index contributed by atoms with van der Waals surface area (Å²) in [6.45, 7) is 2.19. The van der Waals surface area contributed by atoms with Gasteiger partial charge in [0.1, 0.15) is 0 Å². The van der Waals surface area contributed by atoms with Crippen molar-refractivity contribution in [2.75, 3.05) is 5.73 Å². The molecular weight excluding hydrogens is 238 g/mol. The minimum Gasteiger partial charge on any atom is -0.481 e. The van der Waals surface area contributed by atoms with Crippen LogP contribution in [0.25, 0.3) is 0 Å². The SMILES string of the molecule is CCCCCCCCC(C(=O)O)c1ccccc1N. The van der Waals surface area contributed by atoms with E-state index in [1.807, 2.05) is 18.2 Å². The first kappa shape index (κ1) is 15.5. The van der Waals surface area contributed by atoms with Gasteiger partial charge in [0.25, 0.3) is 0 Å². The second kappa shape index (κ2) is 8.57. The van der Waals surface area contributed by atoms with Gasteiger partial charge in [0.05, 0.1) is 5.92 Å². The smallest absolute Gasteiger partial charge is 0.311 e. The first-order valence-corrected chi connectivity index (χ1v) is 7.24. The molecule has 0 saturated carbocycles. The summed E-state index contributed by atoms with van der Waals surface area (Å²) < 4.78 is 0. The zero-order valence-electron chi connectivity index (χ0n) is 11.8. The molecule has 0 bridgehead atoms. The molecule has 19 heavy (non-hydrogen) atoms. The van der Waals surface area contributed by atoms with E-state index in [0.717, 1.165) is 18.4 Å². The number of nitrogen functional groups attached to an aromatic ring is 1. The molecule has 3 N–H and O–H groups in total. The van der Waals surface area contributed by atoms with E-state index in [0.29, 0.717) is 12.1 Å². The van der Waals surface area contributed by atoms with Crippen molar-refractivity contribution in [2.45, 2.75) is 57.8 Å². The minimum atomic E-state index is -0.772. The highest BCUT2D eigenvalue weighted by atomic mass is 16.4. The van der Waals surface area contributed by atoms with E-state index in [-0.39, 0.29) is 0 Å². The lowest BCUT2D eigenvalue weighted by Crippen LogP contribution is -2.13. The molecule has 1 atom stereocenters. The van der Waals surface area contributed by atoms with Crippen LogP contribution in [0.15, 0.2) is 24.3 Å². The lowest BCUT2D eigenvalue weighted by Gasteiger charge is -2.14. The first-order valence-electron chi connectivity index (χ1n) is 7.24. The predicted octanol–water partition coefficient (Wildman–Crippen LogP) is 4.19. The van der Waals surface area contributed by atoms with Gasteiger partial charge in [-0.25, -0.2) is 0 Å². The van der Waals surface area contributed by atoms with Crippen molar-refractivity contribution < 1.29 is 9.90 Å². The standard InChI is InChI=1S/C16H25NO2/c1-2-3-4-5-6-7-11-14(16(18)19)13-10-8-9-12-15(13)17/h8-10,12,14H,2-7,11,17H2,1H3,(H,18,19). The van der Waals surface area contributed by atoms with Crippen LogP contribution in [0.5, 0.6) is 0 Å². The Morgan fingerprint density at radius 3 is 2.42 bits per heavy atom. The maximum atomic E-state index is 11.4. The van der Waals surface area contributed by atoms with Crippen molar-refractivity contribution in [3.05, 3.63) is 29.8 Å². The molecule has 106 valence electrons. The number of anilines is 1. The third-order valence-electron chi connectivity index (χ3n) is 3.52. The van der Waals surface area contributed by atoms with Gasteiger partial charge >= 0.3 is 5.97 Å². The number of nitrogens with two attached hydrogens (primary N) is 1. The lowest BCUT2D eigenvalue weighted by molar-refractivity contribution is -0.139. The summed E-state index contributed by atoms with van der Waals surface area (Å²) >= 11 is 0. The number of aliphatic carboxylic acids is 1. The number of unbranched alkanes of at least 4 members (excludes halogenated alkanes) is 5. The fraction of sp³-hybridized carbons (Fsp3) is 0.562. The van der Waals surface area contributed by atoms with Gasteiger partial charge in [-0.3, -0.25) is 4.79 Å². The first-order chi connectivity index (χ1) is 9.16. The molecule has 0 amide bonds. The van der Waals surface area contributed by atoms with Gasteiger partial charge in [-0.2, -0.15) is 0 Å². The van der Waals surface area contributed by atoms with Crippen molar-refractivity contribution in [2.24, 2.45) is 0 Å². The van der Waals surface area contributed by atoms with Gasteiger partial charge in [0.2, 0.25) is 0 Å². The number of hydrogen-bond donors (Lipinski definition) is 2. The molecule has 3 nitrogen and oxygen atoms in total. The van der Waals surface area contributed by atoms with Gasteiger partial charge in [0.15, 0.2) is 0 Å². The fourth-order valence-corrected chi connectivity index (χ4v) is 2.37. The van der Waals surface area contributed by atoms with Gasteiger partial charge in [0, 0.05) is 5.69 Å². The van der Waals surface area contributed by atoms with E-state index in [9.17, 15) is 9.90 Å². The fourth-order valence-electron chi connectivity index (χ4n) is 2.37. The summed E-state index contributed by atoms with van der Waals surface area (Å²) in [5, 5.41) is 9.34. The summed E-state index contributed by atoms with van der Waals surface area (Å²) in [5.74, 6) is -1.24. The summed E-state index contributed by atoms with van der Waals surface area (Å²) in [6, 6.07) is 7.28.